The third kappa shape index (κ3) is 2.58. The van der Waals surface area contributed by atoms with E-state index in [0.717, 1.165) is 12.8 Å². The van der Waals surface area contributed by atoms with E-state index in [1.54, 1.807) is 13.8 Å². The molecule has 0 aliphatic carbocycles. The zero-order chi connectivity index (χ0) is 11.4. The smallest absolute Gasteiger partial charge is 0.257 e. The van der Waals surface area contributed by atoms with Crippen molar-refractivity contribution in [2.75, 3.05) is 0 Å². The molecule has 4 heteroatoms. The Kier molecular flexibility index (Phi) is 3.88. The maximum Gasteiger partial charge on any atom is 0.257 e. The molecule has 1 aromatic heterocycles. The summed E-state index contributed by atoms with van der Waals surface area (Å²) in [5.74, 6) is 0.496. The lowest BCUT2D eigenvalue weighted by molar-refractivity contribution is 0.0933. The van der Waals surface area contributed by atoms with Gasteiger partial charge in [0.05, 0.1) is 5.69 Å². The van der Waals surface area contributed by atoms with E-state index >= 15 is 0 Å². The summed E-state index contributed by atoms with van der Waals surface area (Å²) in [6.07, 6.45) is 1.87. The first-order valence-corrected chi connectivity index (χ1v) is 5.33. The Morgan fingerprint density at radius 3 is 2.40 bits per heavy atom. The van der Waals surface area contributed by atoms with Crippen molar-refractivity contribution in [1.29, 1.82) is 0 Å². The van der Waals surface area contributed by atoms with Crippen molar-refractivity contribution in [2.45, 2.75) is 46.6 Å². The summed E-state index contributed by atoms with van der Waals surface area (Å²) in [5.41, 5.74) is 1.22. The van der Waals surface area contributed by atoms with E-state index in [9.17, 15) is 4.79 Å². The van der Waals surface area contributed by atoms with Crippen LogP contribution in [0, 0.1) is 13.8 Å². The minimum atomic E-state index is -0.0834. The molecule has 1 aromatic rings. The SMILES string of the molecule is CCC(CC)NC(=O)c1c(C)noc1C. The highest BCUT2D eigenvalue weighted by Gasteiger charge is 2.18. The number of nitrogens with one attached hydrogen (secondary N) is 1. The largest absolute Gasteiger partial charge is 0.361 e. The van der Waals surface area contributed by atoms with Crippen LogP contribution < -0.4 is 5.32 Å². The molecule has 0 saturated carbocycles. The minimum Gasteiger partial charge on any atom is -0.361 e. The summed E-state index contributed by atoms with van der Waals surface area (Å²) in [6.45, 7) is 7.64. The zero-order valence-corrected chi connectivity index (χ0v) is 9.76. The van der Waals surface area contributed by atoms with Crippen molar-refractivity contribution in [3.63, 3.8) is 0 Å². The Labute approximate surface area is 90.0 Å². The van der Waals surface area contributed by atoms with Crippen molar-refractivity contribution in [1.82, 2.24) is 10.5 Å². The first-order valence-electron chi connectivity index (χ1n) is 5.33. The Morgan fingerprint density at radius 2 is 2.00 bits per heavy atom. The topological polar surface area (TPSA) is 55.1 Å². The molecule has 15 heavy (non-hydrogen) atoms. The van der Waals surface area contributed by atoms with Crippen LogP contribution in [0.25, 0.3) is 0 Å². The Hall–Kier alpha value is -1.32. The van der Waals surface area contributed by atoms with Crippen LogP contribution in [0.1, 0.15) is 48.5 Å². The minimum absolute atomic E-state index is 0.0834. The molecule has 1 rings (SSSR count). The highest BCUT2D eigenvalue weighted by atomic mass is 16.5. The quantitative estimate of drug-likeness (QED) is 0.829. The lowest BCUT2D eigenvalue weighted by atomic mass is 10.1. The fraction of sp³-hybridized carbons (Fsp3) is 0.636. The van der Waals surface area contributed by atoms with Crippen LogP contribution in [0.3, 0.4) is 0 Å². The lowest BCUT2D eigenvalue weighted by Crippen LogP contribution is -2.34. The summed E-state index contributed by atoms with van der Waals surface area (Å²) >= 11 is 0. The maximum atomic E-state index is 11.9. The molecule has 0 radical (unpaired) electrons. The molecule has 0 unspecified atom stereocenters. The number of hydrogen-bond acceptors (Lipinski definition) is 3. The Morgan fingerprint density at radius 1 is 1.40 bits per heavy atom. The van der Waals surface area contributed by atoms with Gasteiger partial charge in [0, 0.05) is 6.04 Å². The van der Waals surface area contributed by atoms with Gasteiger partial charge in [-0.3, -0.25) is 4.79 Å². The number of carbonyl (C=O) groups excluding carboxylic acids is 1. The second-order valence-electron chi connectivity index (χ2n) is 3.69. The second kappa shape index (κ2) is 4.96. The van der Waals surface area contributed by atoms with Gasteiger partial charge >= 0.3 is 0 Å². The Bertz CT molecular complexity index is 321. The van der Waals surface area contributed by atoms with Gasteiger partial charge in [0.1, 0.15) is 11.3 Å². The molecule has 0 fully saturated rings. The summed E-state index contributed by atoms with van der Waals surface area (Å²) in [7, 11) is 0. The van der Waals surface area contributed by atoms with Crippen molar-refractivity contribution in [2.24, 2.45) is 0 Å². The number of aryl methyl sites for hydroxylation is 2. The van der Waals surface area contributed by atoms with Crippen molar-refractivity contribution in [3.8, 4) is 0 Å². The maximum absolute atomic E-state index is 11.9. The summed E-state index contributed by atoms with van der Waals surface area (Å²) in [6, 6.07) is 0.228. The normalized spacial score (nSPS) is 10.7. The first kappa shape index (κ1) is 11.8. The van der Waals surface area contributed by atoms with Gasteiger partial charge < -0.3 is 9.84 Å². The van der Waals surface area contributed by atoms with E-state index in [1.807, 2.05) is 0 Å². The predicted octanol–water partition coefficient (Wildman–Crippen LogP) is 2.21. The number of hydrogen-bond donors (Lipinski definition) is 1. The molecule has 0 atom stereocenters. The molecule has 0 spiro atoms. The number of aromatic nitrogens is 1. The molecule has 0 saturated heterocycles. The molecule has 1 N–H and O–H groups in total. The molecule has 0 bridgehead atoms. The number of rotatable bonds is 4. The monoisotopic (exact) mass is 210 g/mol. The van der Waals surface area contributed by atoms with Crippen molar-refractivity contribution in [3.05, 3.63) is 17.0 Å². The molecular weight excluding hydrogens is 192 g/mol. The van der Waals surface area contributed by atoms with Crippen molar-refractivity contribution < 1.29 is 9.32 Å². The Balaban J connectivity index is 2.77. The molecule has 1 heterocycles. The molecule has 0 aliphatic heterocycles. The number of nitrogens with zero attached hydrogens (tertiary/aromatic N) is 1. The van der Waals surface area contributed by atoms with Crippen LogP contribution in [0.2, 0.25) is 0 Å². The first-order chi connectivity index (χ1) is 7.10. The van der Waals surface area contributed by atoms with E-state index < -0.39 is 0 Å². The van der Waals surface area contributed by atoms with Crippen LogP contribution in [0.4, 0.5) is 0 Å². The second-order valence-corrected chi connectivity index (χ2v) is 3.69. The molecular formula is C11H18N2O2. The van der Waals surface area contributed by atoms with E-state index in [0.29, 0.717) is 17.0 Å². The van der Waals surface area contributed by atoms with Crippen molar-refractivity contribution >= 4 is 5.91 Å². The average molecular weight is 210 g/mol. The molecule has 0 aliphatic rings. The van der Waals surface area contributed by atoms with Gasteiger partial charge in [-0.25, -0.2) is 0 Å². The van der Waals surface area contributed by atoms with Gasteiger partial charge in [0.15, 0.2) is 0 Å². The number of carbonyl (C=O) groups is 1. The number of amides is 1. The third-order valence-corrected chi connectivity index (χ3v) is 2.58. The molecule has 84 valence electrons. The van der Waals surface area contributed by atoms with E-state index in [4.69, 9.17) is 4.52 Å². The molecule has 4 nitrogen and oxygen atoms in total. The van der Waals surface area contributed by atoms with Gasteiger partial charge in [-0.05, 0) is 26.7 Å². The van der Waals surface area contributed by atoms with Gasteiger partial charge in [-0.1, -0.05) is 19.0 Å². The van der Waals surface area contributed by atoms with Crippen LogP contribution in [-0.4, -0.2) is 17.1 Å². The third-order valence-electron chi connectivity index (χ3n) is 2.58. The van der Waals surface area contributed by atoms with Crippen LogP contribution in [0.5, 0.6) is 0 Å². The van der Waals surface area contributed by atoms with Crippen LogP contribution in [-0.2, 0) is 0 Å². The van der Waals surface area contributed by atoms with E-state index in [2.05, 4.69) is 24.3 Å². The van der Waals surface area contributed by atoms with Crippen LogP contribution in [0.15, 0.2) is 4.52 Å². The van der Waals surface area contributed by atoms with Gasteiger partial charge in [-0.15, -0.1) is 0 Å². The average Bonchev–Trinajstić information content (AvgIpc) is 2.55. The van der Waals surface area contributed by atoms with E-state index in [-0.39, 0.29) is 11.9 Å². The fourth-order valence-electron chi connectivity index (χ4n) is 1.56. The zero-order valence-electron chi connectivity index (χ0n) is 9.76. The highest BCUT2D eigenvalue weighted by molar-refractivity contribution is 5.96. The van der Waals surface area contributed by atoms with Gasteiger partial charge in [0.2, 0.25) is 0 Å². The standard InChI is InChI=1S/C11H18N2O2/c1-5-9(6-2)12-11(14)10-7(3)13-15-8(10)4/h9H,5-6H2,1-4H3,(H,12,14). The summed E-state index contributed by atoms with van der Waals surface area (Å²) in [5, 5.41) is 6.72. The van der Waals surface area contributed by atoms with Crippen LogP contribution >= 0.6 is 0 Å². The van der Waals surface area contributed by atoms with Gasteiger partial charge in [-0.2, -0.15) is 0 Å². The predicted molar refractivity (Wildman–Crippen MR) is 57.8 cm³/mol. The summed E-state index contributed by atoms with van der Waals surface area (Å²) < 4.78 is 4.95. The molecule has 1 amide bonds. The fourth-order valence-corrected chi connectivity index (χ4v) is 1.56. The molecule has 0 aromatic carbocycles. The van der Waals surface area contributed by atoms with E-state index in [1.165, 1.54) is 0 Å². The summed E-state index contributed by atoms with van der Waals surface area (Å²) in [4.78, 5) is 11.9. The highest BCUT2D eigenvalue weighted by Crippen LogP contribution is 2.12. The van der Waals surface area contributed by atoms with Gasteiger partial charge in [0.25, 0.3) is 5.91 Å². The lowest BCUT2D eigenvalue weighted by Gasteiger charge is -2.14.